The Kier molecular flexibility index (Phi) is 11.2. The van der Waals surface area contributed by atoms with E-state index in [0.717, 1.165) is 45.4 Å². The molecule has 0 radical (unpaired) electrons. The minimum absolute atomic E-state index is 0.0970. The van der Waals surface area contributed by atoms with Crippen molar-refractivity contribution in [2.75, 3.05) is 36.6 Å². The van der Waals surface area contributed by atoms with Crippen molar-refractivity contribution in [3.8, 4) is 0 Å². The van der Waals surface area contributed by atoms with E-state index in [-0.39, 0.29) is 10.8 Å². The maximum absolute atomic E-state index is 5.51. The first-order valence-electron chi connectivity index (χ1n) is 20.4. The van der Waals surface area contributed by atoms with Gasteiger partial charge in [0.25, 0.3) is 0 Å². The van der Waals surface area contributed by atoms with Gasteiger partial charge in [-0.05, 0) is 106 Å². The van der Waals surface area contributed by atoms with E-state index in [1.165, 1.54) is 79.7 Å². The second-order valence-corrected chi connectivity index (χ2v) is 16.6. The molecule has 1 aliphatic carbocycles. The molecule has 4 aromatic carbocycles. The summed E-state index contributed by atoms with van der Waals surface area (Å²) in [5.74, 6) is 0. The zero-order chi connectivity index (χ0) is 38.7. The molecule has 0 saturated heterocycles. The Balaban J connectivity index is 1.39. The SMILES string of the molecule is CCCCN1/C(=C/C=C2\CCC(/C=C/C3=[N+](CCCOC)c4ccc(C)cc4C3(C)C)=C2N(c2ccccc2)c2ccccc2)C(C)(C)c2cc(C)ccc21. The van der Waals surface area contributed by atoms with E-state index in [9.17, 15) is 0 Å². The fraction of sp³-hybridized carbons (Fsp3) is 0.353. The maximum atomic E-state index is 5.51. The van der Waals surface area contributed by atoms with Crippen molar-refractivity contribution in [1.29, 1.82) is 0 Å². The number of allylic oxidation sites excluding steroid dienone is 7. The minimum Gasteiger partial charge on any atom is -0.384 e. The highest BCUT2D eigenvalue weighted by molar-refractivity contribution is 6.03. The number of anilines is 3. The number of methoxy groups -OCH3 is 1. The summed E-state index contributed by atoms with van der Waals surface area (Å²) < 4.78 is 8.06. The Labute approximate surface area is 330 Å². The molecule has 0 atom stereocenters. The topological polar surface area (TPSA) is 18.7 Å². The molecule has 55 heavy (non-hydrogen) atoms. The summed E-state index contributed by atoms with van der Waals surface area (Å²) in [5, 5.41) is 0. The molecule has 2 heterocycles. The molecule has 4 nitrogen and oxygen atoms in total. The molecule has 3 aliphatic rings. The van der Waals surface area contributed by atoms with Gasteiger partial charge in [-0.1, -0.05) is 105 Å². The summed E-state index contributed by atoms with van der Waals surface area (Å²) in [4.78, 5) is 5.08. The number of ether oxygens (including phenoxy) is 1. The first kappa shape index (κ1) is 38.3. The summed E-state index contributed by atoms with van der Waals surface area (Å²) in [6, 6.07) is 35.8. The van der Waals surface area contributed by atoms with E-state index in [0.29, 0.717) is 0 Å². The van der Waals surface area contributed by atoms with Crippen LogP contribution in [0, 0.1) is 13.8 Å². The third-order valence-electron chi connectivity index (χ3n) is 12.0. The van der Waals surface area contributed by atoms with Crippen LogP contribution in [0.3, 0.4) is 0 Å². The van der Waals surface area contributed by atoms with Crippen molar-refractivity contribution in [2.45, 2.75) is 91.4 Å². The van der Waals surface area contributed by atoms with Gasteiger partial charge in [-0.15, -0.1) is 0 Å². The number of unbranched alkanes of at least 4 members (excludes halogenated alkanes) is 1. The average Bonchev–Trinajstić information content (AvgIpc) is 3.74. The Hall–Kier alpha value is -4.93. The third-order valence-corrected chi connectivity index (χ3v) is 12.0. The lowest BCUT2D eigenvalue weighted by Gasteiger charge is -2.29. The predicted octanol–water partition coefficient (Wildman–Crippen LogP) is 12.6. The van der Waals surface area contributed by atoms with Crippen LogP contribution in [0.5, 0.6) is 0 Å². The van der Waals surface area contributed by atoms with Crippen LogP contribution in [-0.2, 0) is 15.6 Å². The molecule has 0 spiro atoms. The highest BCUT2D eigenvalue weighted by Crippen LogP contribution is 2.49. The number of aryl methyl sites for hydroxylation is 2. The smallest absolute Gasteiger partial charge is 0.209 e. The third kappa shape index (κ3) is 7.42. The van der Waals surface area contributed by atoms with Gasteiger partial charge >= 0.3 is 0 Å². The summed E-state index contributed by atoms with van der Waals surface area (Å²) in [6.45, 7) is 19.0. The summed E-state index contributed by atoms with van der Waals surface area (Å²) >= 11 is 0. The second-order valence-electron chi connectivity index (χ2n) is 16.6. The van der Waals surface area contributed by atoms with Gasteiger partial charge in [0.2, 0.25) is 5.69 Å². The van der Waals surface area contributed by atoms with Crippen molar-refractivity contribution >= 4 is 28.5 Å². The van der Waals surface area contributed by atoms with Crippen molar-refractivity contribution in [1.82, 2.24) is 0 Å². The lowest BCUT2D eigenvalue weighted by Crippen LogP contribution is -2.28. The van der Waals surface area contributed by atoms with E-state index < -0.39 is 0 Å². The maximum Gasteiger partial charge on any atom is 0.209 e. The van der Waals surface area contributed by atoms with E-state index >= 15 is 0 Å². The van der Waals surface area contributed by atoms with Gasteiger partial charge in [0, 0.05) is 66.0 Å². The first-order valence-corrected chi connectivity index (χ1v) is 20.4. The van der Waals surface area contributed by atoms with Crippen LogP contribution in [0.25, 0.3) is 0 Å². The molecule has 7 rings (SSSR count). The lowest BCUT2D eigenvalue weighted by molar-refractivity contribution is -0.438. The Bertz CT molecular complexity index is 2140. The molecule has 0 fully saturated rings. The fourth-order valence-electron chi connectivity index (χ4n) is 8.99. The van der Waals surface area contributed by atoms with E-state index in [4.69, 9.17) is 4.74 Å². The van der Waals surface area contributed by atoms with Gasteiger partial charge in [-0.3, -0.25) is 0 Å². The number of benzene rings is 4. The number of rotatable bonds is 13. The molecule has 2 aliphatic heterocycles. The normalized spacial score (nSPS) is 18.7. The molecule has 0 N–H and O–H groups in total. The lowest BCUT2D eigenvalue weighted by atomic mass is 9.80. The number of para-hydroxylation sites is 2. The molecule has 0 unspecified atom stereocenters. The van der Waals surface area contributed by atoms with E-state index in [1.54, 1.807) is 7.11 Å². The monoisotopic (exact) mass is 730 g/mol. The quantitative estimate of drug-likeness (QED) is 0.101. The molecule has 0 aromatic heterocycles. The minimum atomic E-state index is -0.130. The summed E-state index contributed by atoms with van der Waals surface area (Å²) in [6.07, 6.45) is 15.0. The zero-order valence-electron chi connectivity index (χ0n) is 34.5. The summed E-state index contributed by atoms with van der Waals surface area (Å²) in [7, 11) is 1.80. The largest absolute Gasteiger partial charge is 0.384 e. The van der Waals surface area contributed by atoms with Crippen molar-refractivity contribution in [3.63, 3.8) is 0 Å². The molecule has 4 aromatic rings. The van der Waals surface area contributed by atoms with Gasteiger partial charge < -0.3 is 14.5 Å². The molecule has 284 valence electrons. The van der Waals surface area contributed by atoms with Crippen LogP contribution >= 0.6 is 0 Å². The summed E-state index contributed by atoms with van der Waals surface area (Å²) in [5.41, 5.74) is 17.0. The van der Waals surface area contributed by atoms with Crippen LogP contribution in [-0.4, -0.2) is 37.1 Å². The molecule has 4 heteroatoms. The number of hydrogen-bond acceptors (Lipinski definition) is 3. The first-order chi connectivity index (χ1) is 26.6. The van der Waals surface area contributed by atoms with Crippen molar-refractivity contribution in [2.24, 2.45) is 0 Å². The van der Waals surface area contributed by atoms with Crippen LogP contribution in [0.15, 0.2) is 144 Å². The van der Waals surface area contributed by atoms with Gasteiger partial charge in [0.05, 0.1) is 17.7 Å². The van der Waals surface area contributed by atoms with Gasteiger partial charge in [0.1, 0.15) is 0 Å². The van der Waals surface area contributed by atoms with Crippen LogP contribution in [0.1, 0.15) is 89.0 Å². The molecule has 0 saturated carbocycles. The van der Waals surface area contributed by atoms with Gasteiger partial charge in [-0.25, -0.2) is 0 Å². The average molecular weight is 731 g/mol. The standard InChI is InChI=1S/C51H60N3O/c1-9-10-32-52-45-28-22-37(2)35-43(45)50(4,5)47(52)30-26-39-24-25-40(49(39)54(41-18-13-11-14-19-41)42-20-15-12-16-21-42)27-31-48-51(6,7)44-36-38(3)23-29-46(44)53(48)33-17-34-55-8/h11-16,18-23,26-31,35-36H,9-10,17,24-25,32-34H2,1-8H3/q+1. The molecular weight excluding hydrogens is 671 g/mol. The van der Waals surface area contributed by atoms with Gasteiger partial charge in [0.15, 0.2) is 12.3 Å². The molecule has 0 bridgehead atoms. The predicted molar refractivity (Wildman–Crippen MR) is 234 cm³/mol. The fourth-order valence-corrected chi connectivity index (χ4v) is 8.99. The van der Waals surface area contributed by atoms with Crippen molar-refractivity contribution in [3.05, 3.63) is 166 Å². The number of fused-ring (bicyclic) bond motifs is 2. The Morgan fingerprint density at radius 1 is 0.745 bits per heavy atom. The van der Waals surface area contributed by atoms with E-state index in [1.807, 2.05) is 0 Å². The highest BCUT2D eigenvalue weighted by atomic mass is 16.5. The zero-order valence-corrected chi connectivity index (χ0v) is 34.5. The van der Waals surface area contributed by atoms with Crippen LogP contribution in [0.2, 0.25) is 0 Å². The Morgan fingerprint density at radius 3 is 2.05 bits per heavy atom. The number of nitrogens with zero attached hydrogens (tertiary/aromatic N) is 3. The van der Waals surface area contributed by atoms with Gasteiger partial charge in [-0.2, -0.15) is 4.58 Å². The van der Waals surface area contributed by atoms with Crippen LogP contribution in [0.4, 0.5) is 22.7 Å². The second kappa shape index (κ2) is 16.0. The molecular formula is C51H60N3O+. The Morgan fingerprint density at radius 2 is 1.40 bits per heavy atom. The van der Waals surface area contributed by atoms with Crippen LogP contribution < -0.4 is 9.80 Å². The number of hydrogen-bond donors (Lipinski definition) is 0. The van der Waals surface area contributed by atoms with E-state index in [2.05, 4.69) is 184 Å². The molecule has 0 amide bonds. The highest BCUT2D eigenvalue weighted by Gasteiger charge is 2.44. The van der Waals surface area contributed by atoms with Crippen molar-refractivity contribution < 1.29 is 9.31 Å².